The van der Waals surface area contributed by atoms with Gasteiger partial charge in [0.25, 0.3) is 0 Å². The molecule has 3 nitrogen and oxygen atoms in total. The van der Waals surface area contributed by atoms with Gasteiger partial charge in [-0.2, -0.15) is 0 Å². The van der Waals surface area contributed by atoms with E-state index in [9.17, 15) is 10.2 Å². The Kier molecular flexibility index (Phi) is 4.18. The van der Waals surface area contributed by atoms with Crippen LogP contribution in [0, 0.1) is 0 Å². The zero-order valence-corrected chi connectivity index (χ0v) is 14.5. The Morgan fingerprint density at radius 3 is 2.59 bits per heavy atom. The second-order valence-electron chi connectivity index (χ2n) is 4.74. The molecule has 0 atom stereocenters. The number of phenolic OH excluding ortho intramolecular Hbond substituents is 2. The molecule has 2 aromatic carbocycles. The number of nitrogens with zero attached hydrogens (tertiary/aromatic N) is 1. The molecule has 0 aliphatic carbocycles. The summed E-state index contributed by atoms with van der Waals surface area (Å²) >= 11 is 6.69. The Morgan fingerprint density at radius 1 is 0.955 bits per heavy atom. The molecule has 0 unspecified atom stereocenters. The number of aromatic nitrogens is 1. The average molecular weight is 421 g/mol. The number of rotatable bonds is 2. The van der Waals surface area contributed by atoms with Crippen LogP contribution in [0.1, 0.15) is 11.3 Å². The number of halogens is 2. The van der Waals surface area contributed by atoms with Crippen molar-refractivity contribution in [2.45, 2.75) is 0 Å². The highest BCUT2D eigenvalue weighted by atomic mass is 79.9. The van der Waals surface area contributed by atoms with Gasteiger partial charge in [0.2, 0.25) is 0 Å². The van der Waals surface area contributed by atoms with E-state index in [1.807, 2.05) is 24.3 Å². The molecule has 0 saturated heterocycles. The van der Waals surface area contributed by atoms with E-state index >= 15 is 0 Å². The van der Waals surface area contributed by atoms with E-state index in [-0.39, 0.29) is 11.5 Å². The third-order valence-corrected chi connectivity index (χ3v) is 4.27. The summed E-state index contributed by atoms with van der Waals surface area (Å²) in [5.74, 6) is 0.323. The van der Waals surface area contributed by atoms with Gasteiger partial charge in [0.1, 0.15) is 17.0 Å². The Morgan fingerprint density at radius 2 is 1.77 bits per heavy atom. The highest BCUT2D eigenvalue weighted by Crippen LogP contribution is 2.33. The lowest BCUT2D eigenvalue weighted by Crippen LogP contribution is -1.84. The zero-order chi connectivity index (χ0) is 15.7. The van der Waals surface area contributed by atoms with Crippen molar-refractivity contribution in [2.24, 2.45) is 0 Å². The fraction of sp³-hybridized carbons (Fsp3) is 0. The van der Waals surface area contributed by atoms with Crippen LogP contribution in [0.2, 0.25) is 0 Å². The number of hydrogen-bond donors (Lipinski definition) is 2. The first-order valence-corrected chi connectivity index (χ1v) is 8.08. The van der Waals surface area contributed by atoms with E-state index < -0.39 is 0 Å². The summed E-state index contributed by atoms with van der Waals surface area (Å²) in [6.07, 6.45) is 3.57. The minimum absolute atomic E-state index is 0.154. The lowest BCUT2D eigenvalue weighted by molar-refractivity contribution is 0.470. The smallest absolute Gasteiger partial charge is 0.141 e. The molecule has 1 aromatic heterocycles. The first-order valence-electron chi connectivity index (χ1n) is 6.49. The van der Waals surface area contributed by atoms with Gasteiger partial charge >= 0.3 is 0 Å². The lowest BCUT2D eigenvalue weighted by Gasteiger charge is -2.04. The molecule has 3 aromatic rings. The van der Waals surface area contributed by atoms with Crippen LogP contribution < -0.4 is 0 Å². The van der Waals surface area contributed by atoms with E-state index in [1.165, 1.54) is 0 Å². The maximum atomic E-state index is 10.0. The van der Waals surface area contributed by atoms with E-state index in [0.29, 0.717) is 21.2 Å². The summed E-state index contributed by atoms with van der Waals surface area (Å²) in [5.41, 5.74) is 1.93. The van der Waals surface area contributed by atoms with Gasteiger partial charge in [0, 0.05) is 15.4 Å². The number of aromatic hydroxyl groups is 2. The van der Waals surface area contributed by atoms with Gasteiger partial charge in [-0.1, -0.05) is 34.1 Å². The Bertz CT molecular complexity index is 891. The Balaban J connectivity index is 2.01. The fourth-order valence-corrected chi connectivity index (χ4v) is 3.39. The molecule has 3 rings (SSSR count). The topological polar surface area (TPSA) is 53.4 Å². The molecular formula is C17H11Br2NO2. The third-order valence-electron chi connectivity index (χ3n) is 3.21. The lowest BCUT2D eigenvalue weighted by atomic mass is 10.1. The molecule has 22 heavy (non-hydrogen) atoms. The highest BCUT2D eigenvalue weighted by Gasteiger charge is 2.05. The van der Waals surface area contributed by atoms with Crippen LogP contribution in [-0.2, 0) is 0 Å². The molecule has 0 radical (unpaired) electrons. The second-order valence-corrected chi connectivity index (χ2v) is 6.51. The number of pyridine rings is 1. The van der Waals surface area contributed by atoms with Crippen LogP contribution >= 0.6 is 31.9 Å². The van der Waals surface area contributed by atoms with Gasteiger partial charge in [0.05, 0.1) is 10.2 Å². The normalized spacial score (nSPS) is 11.4. The molecule has 1 heterocycles. The van der Waals surface area contributed by atoms with Gasteiger partial charge in [-0.3, -0.25) is 0 Å². The van der Waals surface area contributed by atoms with E-state index in [4.69, 9.17) is 0 Å². The molecule has 0 fully saturated rings. The van der Waals surface area contributed by atoms with Gasteiger partial charge in [-0.05, 0) is 52.3 Å². The van der Waals surface area contributed by atoms with Crippen LogP contribution in [0.3, 0.4) is 0 Å². The molecule has 0 amide bonds. The molecule has 0 aliphatic heterocycles. The first kappa shape index (κ1) is 15.1. The average Bonchev–Trinajstić information content (AvgIpc) is 2.50. The Labute approximate surface area is 144 Å². The molecule has 0 aliphatic rings. The van der Waals surface area contributed by atoms with Gasteiger partial charge in [-0.25, -0.2) is 4.98 Å². The van der Waals surface area contributed by atoms with Crippen LogP contribution in [0.25, 0.3) is 23.1 Å². The molecular weight excluding hydrogens is 410 g/mol. The van der Waals surface area contributed by atoms with Crippen molar-refractivity contribution in [2.75, 3.05) is 0 Å². The van der Waals surface area contributed by atoms with Crippen molar-refractivity contribution in [1.82, 2.24) is 4.98 Å². The minimum atomic E-state index is 0.154. The summed E-state index contributed by atoms with van der Waals surface area (Å²) in [4.78, 5) is 4.42. The SMILES string of the molecule is Oc1c(Br)cc(Br)cc1/C=C/c1ccc2cccc(O)c2n1. The highest BCUT2D eigenvalue weighted by molar-refractivity contribution is 9.11. The largest absolute Gasteiger partial charge is 0.506 e. The summed E-state index contributed by atoms with van der Waals surface area (Å²) in [7, 11) is 0. The van der Waals surface area contributed by atoms with Crippen molar-refractivity contribution >= 4 is 54.9 Å². The quantitative estimate of drug-likeness (QED) is 0.588. The number of phenols is 2. The summed E-state index contributed by atoms with van der Waals surface area (Å²) in [6.45, 7) is 0. The van der Waals surface area contributed by atoms with E-state index in [2.05, 4.69) is 36.8 Å². The summed E-state index contributed by atoms with van der Waals surface area (Å²) < 4.78 is 1.48. The third kappa shape index (κ3) is 3.00. The summed E-state index contributed by atoms with van der Waals surface area (Å²) in [6, 6.07) is 12.6. The number of hydrogen-bond acceptors (Lipinski definition) is 3. The molecule has 0 spiro atoms. The fourth-order valence-electron chi connectivity index (χ4n) is 2.13. The van der Waals surface area contributed by atoms with Crippen LogP contribution in [0.5, 0.6) is 11.5 Å². The first-order chi connectivity index (χ1) is 10.5. The van der Waals surface area contributed by atoms with Crippen LogP contribution in [-0.4, -0.2) is 15.2 Å². The Hall–Kier alpha value is -1.85. The minimum Gasteiger partial charge on any atom is -0.506 e. The van der Waals surface area contributed by atoms with Gasteiger partial charge < -0.3 is 10.2 Å². The van der Waals surface area contributed by atoms with Gasteiger partial charge in [0.15, 0.2) is 0 Å². The molecule has 110 valence electrons. The van der Waals surface area contributed by atoms with Crippen molar-refractivity contribution < 1.29 is 10.2 Å². The second kappa shape index (κ2) is 6.10. The van der Waals surface area contributed by atoms with Crippen molar-refractivity contribution in [1.29, 1.82) is 0 Å². The van der Waals surface area contributed by atoms with E-state index in [1.54, 1.807) is 30.4 Å². The summed E-state index contributed by atoms with van der Waals surface area (Å²) in [5, 5.41) is 20.8. The van der Waals surface area contributed by atoms with Crippen molar-refractivity contribution in [3.8, 4) is 11.5 Å². The van der Waals surface area contributed by atoms with Crippen molar-refractivity contribution in [3.63, 3.8) is 0 Å². The van der Waals surface area contributed by atoms with Crippen LogP contribution in [0.4, 0.5) is 0 Å². The predicted molar refractivity (Wildman–Crippen MR) is 95.8 cm³/mol. The molecule has 0 saturated carbocycles. The van der Waals surface area contributed by atoms with E-state index in [0.717, 1.165) is 9.86 Å². The number of para-hydroxylation sites is 1. The number of fused-ring (bicyclic) bond motifs is 1. The maximum absolute atomic E-state index is 10.0. The number of benzene rings is 2. The van der Waals surface area contributed by atoms with Crippen molar-refractivity contribution in [3.05, 3.63) is 62.7 Å². The maximum Gasteiger partial charge on any atom is 0.141 e. The van der Waals surface area contributed by atoms with Crippen LogP contribution in [0.15, 0.2) is 51.4 Å². The van der Waals surface area contributed by atoms with Gasteiger partial charge in [-0.15, -0.1) is 0 Å². The predicted octanol–water partition coefficient (Wildman–Crippen LogP) is 5.34. The monoisotopic (exact) mass is 419 g/mol. The standard InChI is InChI=1S/C17H11Br2NO2/c18-12-8-11(17(22)14(19)9-12)5-7-13-6-4-10-2-1-3-15(21)16(10)20-13/h1-9,21-22H/b7-5+. The zero-order valence-electron chi connectivity index (χ0n) is 11.3. The molecule has 0 bridgehead atoms. The molecule has 5 heteroatoms. The molecule has 2 N–H and O–H groups in total.